The number of fused-ring (bicyclic) bond motifs is 1. The molecule has 6 atom stereocenters. The van der Waals surface area contributed by atoms with Crippen LogP contribution in [-0.2, 0) is 30.0 Å². The minimum atomic E-state index is -4.33. The first kappa shape index (κ1) is 30.6. The highest BCUT2D eigenvalue weighted by molar-refractivity contribution is 7.52. The summed E-state index contributed by atoms with van der Waals surface area (Å²) in [4.78, 5) is 16.7. The lowest BCUT2D eigenvalue weighted by Gasteiger charge is -2.33. The lowest BCUT2D eigenvalue weighted by molar-refractivity contribution is -0.146. The third-order valence-electron chi connectivity index (χ3n) is 7.02. The second-order valence-electron chi connectivity index (χ2n) is 9.93. The van der Waals surface area contributed by atoms with Crippen molar-refractivity contribution in [1.82, 2.24) is 25.0 Å². The Bertz CT molecular complexity index is 1590. The SMILES string of the molecule is CN[C@]1(COP(=O)(N[C@@H](C)C(=O)OCc2ccccc2)Oc2ccccc2)O[C@@H](c2ccc3c(N)ncnn23)[C@H](O)[C@@H]1O. The number of nitrogens with two attached hydrogens (primary N) is 1. The van der Waals surface area contributed by atoms with Crippen LogP contribution in [0.2, 0.25) is 0 Å². The fraction of sp³-hybridized carbons (Fsp3) is 0.321. The Kier molecular flexibility index (Phi) is 9.08. The number of hydrogen-bond acceptors (Lipinski definition) is 12. The van der Waals surface area contributed by atoms with Crippen LogP contribution in [0.25, 0.3) is 5.52 Å². The van der Waals surface area contributed by atoms with Crippen LogP contribution >= 0.6 is 7.75 Å². The van der Waals surface area contributed by atoms with E-state index in [1.165, 1.54) is 24.8 Å². The number of aromatic nitrogens is 3. The van der Waals surface area contributed by atoms with Crippen molar-refractivity contribution in [2.75, 3.05) is 19.4 Å². The molecule has 1 unspecified atom stereocenters. The van der Waals surface area contributed by atoms with Gasteiger partial charge < -0.3 is 29.9 Å². The van der Waals surface area contributed by atoms with Crippen molar-refractivity contribution in [3.05, 3.63) is 90.4 Å². The molecule has 1 aliphatic rings. The number of rotatable bonds is 12. The van der Waals surface area contributed by atoms with Crippen molar-refractivity contribution in [3.8, 4) is 5.75 Å². The third-order valence-corrected chi connectivity index (χ3v) is 8.65. The molecule has 4 aromatic rings. The van der Waals surface area contributed by atoms with Gasteiger partial charge in [0, 0.05) is 0 Å². The van der Waals surface area contributed by atoms with E-state index in [1.54, 1.807) is 42.5 Å². The first-order chi connectivity index (χ1) is 20.6. The van der Waals surface area contributed by atoms with E-state index in [0.717, 1.165) is 5.56 Å². The predicted molar refractivity (Wildman–Crippen MR) is 154 cm³/mol. The summed E-state index contributed by atoms with van der Waals surface area (Å²) in [7, 11) is -2.85. The second kappa shape index (κ2) is 12.8. The highest BCUT2D eigenvalue weighted by atomic mass is 31.2. The standard InChI is InChI=1S/C28H33N6O8P/c1-18(27(37)39-15-19-9-5-3-6-10-19)33-43(38,42-20-11-7-4-8-12-20)40-16-28(30-2)25(36)23(35)24(41-28)21-13-14-22-26(29)31-17-32-34(21)22/h3-14,17-18,23-25,30,35-36H,15-16H2,1-2H3,(H,33,38)(H2,29,31,32)/t18-,23-,24-,25-,28+,43?/m0/s1. The number of nitrogens with one attached hydrogen (secondary N) is 2. The van der Waals surface area contributed by atoms with Crippen LogP contribution in [0, 0.1) is 0 Å². The van der Waals surface area contributed by atoms with E-state index >= 15 is 0 Å². The summed E-state index contributed by atoms with van der Waals surface area (Å²) in [5.41, 5.74) is 5.85. The molecule has 5 rings (SSSR count). The van der Waals surface area contributed by atoms with Gasteiger partial charge >= 0.3 is 13.7 Å². The number of aliphatic hydroxyl groups excluding tert-OH is 2. The van der Waals surface area contributed by atoms with Gasteiger partial charge in [0.25, 0.3) is 0 Å². The molecule has 0 spiro atoms. The molecule has 0 amide bonds. The molecule has 6 N–H and O–H groups in total. The molecule has 14 nitrogen and oxygen atoms in total. The maximum absolute atomic E-state index is 14.1. The highest BCUT2D eigenvalue weighted by Gasteiger charge is 2.56. The smallest absolute Gasteiger partial charge is 0.459 e. The Labute approximate surface area is 247 Å². The molecule has 0 bridgehead atoms. The van der Waals surface area contributed by atoms with Gasteiger partial charge in [0.2, 0.25) is 0 Å². The lowest BCUT2D eigenvalue weighted by atomic mass is 10.0. The summed E-state index contributed by atoms with van der Waals surface area (Å²) < 4.78 is 38.5. The molecule has 1 aliphatic heterocycles. The number of anilines is 1. The molecule has 1 saturated heterocycles. The number of hydrogen-bond donors (Lipinski definition) is 5. The van der Waals surface area contributed by atoms with E-state index in [9.17, 15) is 19.6 Å². The van der Waals surface area contributed by atoms with Crippen molar-refractivity contribution in [1.29, 1.82) is 0 Å². The number of esters is 1. The van der Waals surface area contributed by atoms with Gasteiger partial charge in [-0.2, -0.15) is 10.2 Å². The average molecular weight is 613 g/mol. The second-order valence-corrected chi connectivity index (χ2v) is 11.6. The van der Waals surface area contributed by atoms with E-state index in [-0.39, 0.29) is 18.2 Å². The molecule has 3 heterocycles. The summed E-state index contributed by atoms with van der Waals surface area (Å²) in [6.45, 7) is 0.905. The topological polar surface area (TPSA) is 192 Å². The zero-order chi connectivity index (χ0) is 30.6. The van der Waals surface area contributed by atoms with Gasteiger partial charge in [-0.3, -0.25) is 14.6 Å². The number of para-hydroxylation sites is 1. The fourth-order valence-corrected chi connectivity index (χ4v) is 6.18. The van der Waals surface area contributed by atoms with Gasteiger partial charge in [0.1, 0.15) is 55.2 Å². The Hall–Kier alpha value is -3.88. The minimum Gasteiger partial charge on any atom is -0.460 e. The van der Waals surface area contributed by atoms with E-state index < -0.39 is 50.4 Å². The number of benzene rings is 2. The zero-order valence-corrected chi connectivity index (χ0v) is 24.3. The van der Waals surface area contributed by atoms with Crippen molar-refractivity contribution in [2.24, 2.45) is 0 Å². The number of nitrogen functional groups attached to an aromatic ring is 1. The molecule has 2 aromatic carbocycles. The first-order valence-electron chi connectivity index (χ1n) is 13.4. The maximum atomic E-state index is 14.1. The summed E-state index contributed by atoms with van der Waals surface area (Å²) in [6, 6.07) is 19.5. The monoisotopic (exact) mass is 612 g/mol. The van der Waals surface area contributed by atoms with E-state index in [2.05, 4.69) is 20.5 Å². The first-order valence-corrected chi connectivity index (χ1v) is 15.0. The van der Waals surface area contributed by atoms with Gasteiger partial charge in [-0.1, -0.05) is 48.5 Å². The Morgan fingerprint density at radius 1 is 1.14 bits per heavy atom. The summed E-state index contributed by atoms with van der Waals surface area (Å²) in [5, 5.41) is 31.8. The van der Waals surface area contributed by atoms with Crippen molar-refractivity contribution in [3.63, 3.8) is 0 Å². The van der Waals surface area contributed by atoms with Gasteiger partial charge in [0.05, 0.1) is 5.69 Å². The van der Waals surface area contributed by atoms with Crippen LogP contribution in [0.5, 0.6) is 5.75 Å². The van der Waals surface area contributed by atoms with Crippen LogP contribution < -0.4 is 20.7 Å². The molecular weight excluding hydrogens is 579 g/mol. The molecular formula is C28H33N6O8P. The molecule has 15 heteroatoms. The van der Waals surface area contributed by atoms with E-state index in [4.69, 9.17) is 24.3 Å². The number of carbonyl (C=O) groups is 1. The van der Waals surface area contributed by atoms with Gasteiger partial charge in [-0.15, -0.1) is 0 Å². The number of nitrogens with zero attached hydrogens (tertiary/aromatic N) is 3. The molecule has 0 aliphatic carbocycles. The van der Waals surface area contributed by atoms with Gasteiger partial charge in [0.15, 0.2) is 11.5 Å². The highest BCUT2D eigenvalue weighted by Crippen LogP contribution is 2.48. The minimum absolute atomic E-state index is 0.0174. The van der Waals surface area contributed by atoms with Crippen molar-refractivity contribution >= 4 is 25.1 Å². The Morgan fingerprint density at radius 3 is 2.53 bits per heavy atom. The number of likely N-dealkylation sites (N-methyl/N-ethyl adjacent to an activating group) is 1. The molecule has 43 heavy (non-hydrogen) atoms. The number of ether oxygens (including phenoxy) is 2. The van der Waals surface area contributed by atoms with Crippen molar-refractivity contribution < 1.29 is 38.1 Å². The summed E-state index contributed by atoms with van der Waals surface area (Å²) in [5.74, 6) is -0.273. The zero-order valence-electron chi connectivity index (χ0n) is 23.4. The maximum Gasteiger partial charge on any atom is 0.459 e. The fourth-order valence-electron chi connectivity index (χ4n) is 4.66. The quantitative estimate of drug-likeness (QED) is 0.115. The molecule has 2 aromatic heterocycles. The van der Waals surface area contributed by atoms with Crippen LogP contribution in [-0.4, -0.2) is 68.4 Å². The van der Waals surface area contributed by atoms with Crippen LogP contribution in [0.3, 0.4) is 0 Å². The van der Waals surface area contributed by atoms with Crippen LogP contribution in [0.4, 0.5) is 5.82 Å². The lowest BCUT2D eigenvalue weighted by Crippen LogP contribution is -2.56. The Morgan fingerprint density at radius 2 is 1.84 bits per heavy atom. The predicted octanol–water partition coefficient (Wildman–Crippen LogP) is 1.95. The largest absolute Gasteiger partial charge is 0.460 e. The molecule has 0 radical (unpaired) electrons. The number of carbonyl (C=O) groups excluding carboxylic acids is 1. The van der Waals surface area contributed by atoms with Gasteiger partial charge in [-0.25, -0.2) is 14.1 Å². The molecule has 228 valence electrons. The van der Waals surface area contributed by atoms with Crippen molar-refractivity contribution in [2.45, 2.75) is 43.6 Å². The summed E-state index contributed by atoms with van der Waals surface area (Å²) >= 11 is 0. The van der Waals surface area contributed by atoms with Crippen LogP contribution in [0.1, 0.15) is 24.3 Å². The van der Waals surface area contributed by atoms with E-state index in [0.29, 0.717) is 11.2 Å². The summed E-state index contributed by atoms with van der Waals surface area (Å²) in [6.07, 6.45) is -2.82. The molecule has 1 fully saturated rings. The Balaban J connectivity index is 1.34. The molecule has 0 saturated carbocycles. The van der Waals surface area contributed by atoms with Crippen LogP contribution in [0.15, 0.2) is 79.1 Å². The van der Waals surface area contributed by atoms with E-state index in [1.807, 2.05) is 30.3 Å². The third kappa shape index (κ3) is 6.55. The normalized spacial score (nSPS) is 24.0. The average Bonchev–Trinajstić information content (AvgIpc) is 3.55. The number of aliphatic hydroxyl groups is 2. The van der Waals surface area contributed by atoms with Gasteiger partial charge in [-0.05, 0) is 43.8 Å².